The summed E-state index contributed by atoms with van der Waals surface area (Å²) in [5.74, 6) is 0. The molecule has 238 valence electrons. The summed E-state index contributed by atoms with van der Waals surface area (Å²) in [6.45, 7) is 0. The second-order valence-corrected chi connectivity index (χ2v) is 12.9. The Bertz CT molecular complexity index is 2880. The van der Waals surface area contributed by atoms with E-state index in [0.717, 1.165) is 77.7 Å². The molecule has 0 aliphatic carbocycles. The number of hydrogen-bond acceptors (Lipinski definition) is 4. The number of rotatable bonds is 5. The van der Waals surface area contributed by atoms with Crippen LogP contribution in [0.5, 0.6) is 0 Å². The molecule has 4 nitrogen and oxygen atoms in total. The fourth-order valence-corrected chi connectivity index (χ4v) is 7.43. The van der Waals surface area contributed by atoms with Crippen molar-refractivity contribution in [3.8, 4) is 22.5 Å². The Morgan fingerprint density at radius 3 is 1.88 bits per heavy atom. The molecule has 0 atom stereocenters. The van der Waals surface area contributed by atoms with E-state index in [2.05, 4.69) is 180 Å². The van der Waals surface area contributed by atoms with Gasteiger partial charge in [0, 0.05) is 61.3 Å². The van der Waals surface area contributed by atoms with Crippen molar-refractivity contribution in [2.24, 2.45) is 0 Å². The lowest BCUT2D eigenvalue weighted by Crippen LogP contribution is -2.09. The summed E-state index contributed by atoms with van der Waals surface area (Å²) in [6.07, 6.45) is 1.83. The molecule has 0 amide bonds. The Kier molecular flexibility index (Phi) is 6.78. The third-order valence-electron chi connectivity index (χ3n) is 9.82. The molecule has 3 heterocycles. The highest BCUT2D eigenvalue weighted by molar-refractivity contribution is 6.22. The molecule has 0 aliphatic rings. The summed E-state index contributed by atoms with van der Waals surface area (Å²) in [5, 5.41) is 8.03. The van der Waals surface area contributed by atoms with E-state index in [4.69, 9.17) is 9.97 Å². The molecule has 4 heteroatoms. The molecule has 10 rings (SSSR count). The van der Waals surface area contributed by atoms with Crippen LogP contribution in [0.2, 0.25) is 0 Å². The topological polar surface area (TPSA) is 41.9 Å². The van der Waals surface area contributed by atoms with E-state index < -0.39 is 0 Å². The summed E-state index contributed by atoms with van der Waals surface area (Å²) < 4.78 is 0. The van der Waals surface area contributed by atoms with E-state index in [1.165, 1.54) is 16.2 Å². The number of anilines is 3. The van der Waals surface area contributed by atoms with E-state index in [9.17, 15) is 0 Å². The van der Waals surface area contributed by atoms with Gasteiger partial charge in [-0.2, -0.15) is 0 Å². The molecule has 0 aliphatic heterocycles. The predicted octanol–water partition coefficient (Wildman–Crippen LogP) is 12.4. The summed E-state index contributed by atoms with van der Waals surface area (Å²) in [6, 6.07) is 61.9. The molecular weight excluding hydrogens is 621 g/mol. The molecule has 0 saturated heterocycles. The zero-order chi connectivity index (χ0) is 33.7. The van der Waals surface area contributed by atoms with Crippen molar-refractivity contribution in [2.75, 3.05) is 4.90 Å². The third kappa shape index (κ3) is 4.96. The van der Waals surface area contributed by atoms with Gasteiger partial charge in [0.1, 0.15) is 0 Å². The smallest absolute Gasteiger partial charge is 0.0972 e. The highest BCUT2D eigenvalue weighted by Gasteiger charge is 2.18. The van der Waals surface area contributed by atoms with Crippen LogP contribution in [0.4, 0.5) is 17.1 Å². The van der Waals surface area contributed by atoms with Gasteiger partial charge in [-0.05, 0) is 65.4 Å². The fraction of sp³-hybridized carbons (Fsp3) is 0. The van der Waals surface area contributed by atoms with Crippen molar-refractivity contribution < 1.29 is 0 Å². The lowest BCUT2D eigenvalue weighted by molar-refractivity contribution is 1.28. The van der Waals surface area contributed by atoms with Crippen molar-refractivity contribution in [2.45, 2.75) is 0 Å². The lowest BCUT2D eigenvalue weighted by atomic mass is 9.94. The number of benzene rings is 7. The first-order valence-corrected chi connectivity index (χ1v) is 17.2. The maximum absolute atomic E-state index is 5.48. The maximum Gasteiger partial charge on any atom is 0.0972 e. The van der Waals surface area contributed by atoms with Gasteiger partial charge in [0.2, 0.25) is 0 Å². The normalized spacial score (nSPS) is 11.5. The van der Waals surface area contributed by atoms with Crippen molar-refractivity contribution >= 4 is 71.3 Å². The SMILES string of the molecule is c1ccc(N(c2ccccc2)c2ccc3c(c2)nc(-c2cccc(-c4ccc5ccc6cccnc6c5n4)c2)c2ccc4ccccc4c23)cc1. The third-order valence-corrected chi connectivity index (χ3v) is 9.82. The molecule has 0 radical (unpaired) electrons. The quantitative estimate of drug-likeness (QED) is 0.174. The number of hydrogen-bond donors (Lipinski definition) is 0. The lowest BCUT2D eigenvalue weighted by Gasteiger charge is -2.26. The average molecular weight is 651 g/mol. The molecule has 10 aromatic rings. The number of pyridine rings is 3. The van der Waals surface area contributed by atoms with Crippen LogP contribution in [0.15, 0.2) is 182 Å². The standard InChI is InChI=1S/C47H30N4/c1-3-15-36(16-4-1)51(37-17-5-2-6-18-37)38-24-26-40-43(30-38)50-45(41-25-22-31-11-7-8-19-39(31)44(40)41)35-13-9-12-34(29-35)42-27-23-33-21-20-32-14-10-28-48-46(32)47(33)49-42/h1-30H. The van der Waals surface area contributed by atoms with Crippen LogP contribution < -0.4 is 4.90 Å². The number of para-hydroxylation sites is 2. The van der Waals surface area contributed by atoms with Crippen LogP contribution in [0, 0.1) is 0 Å². The van der Waals surface area contributed by atoms with Crippen molar-refractivity contribution in [1.82, 2.24) is 15.0 Å². The van der Waals surface area contributed by atoms with E-state index in [0.29, 0.717) is 0 Å². The van der Waals surface area contributed by atoms with Gasteiger partial charge in [-0.25, -0.2) is 9.97 Å². The Balaban J connectivity index is 1.20. The van der Waals surface area contributed by atoms with E-state index in [1.807, 2.05) is 12.3 Å². The van der Waals surface area contributed by atoms with Crippen molar-refractivity contribution in [3.63, 3.8) is 0 Å². The fourth-order valence-electron chi connectivity index (χ4n) is 7.43. The molecule has 0 spiro atoms. The van der Waals surface area contributed by atoms with Crippen LogP contribution in [0.1, 0.15) is 0 Å². The second kappa shape index (κ2) is 11.9. The molecule has 0 N–H and O–H groups in total. The molecular formula is C47H30N4. The second-order valence-electron chi connectivity index (χ2n) is 12.9. The van der Waals surface area contributed by atoms with Crippen LogP contribution >= 0.6 is 0 Å². The zero-order valence-electron chi connectivity index (χ0n) is 27.6. The Hall–Kier alpha value is -6.91. The summed E-state index contributed by atoms with van der Waals surface area (Å²) >= 11 is 0. The predicted molar refractivity (Wildman–Crippen MR) is 213 cm³/mol. The largest absolute Gasteiger partial charge is 0.310 e. The minimum Gasteiger partial charge on any atom is -0.310 e. The van der Waals surface area contributed by atoms with Gasteiger partial charge in [-0.3, -0.25) is 4.98 Å². The van der Waals surface area contributed by atoms with Gasteiger partial charge >= 0.3 is 0 Å². The Morgan fingerprint density at radius 1 is 0.392 bits per heavy atom. The van der Waals surface area contributed by atoms with E-state index in [-0.39, 0.29) is 0 Å². The van der Waals surface area contributed by atoms with Crippen LogP contribution in [0.3, 0.4) is 0 Å². The first-order chi connectivity index (χ1) is 25.3. The minimum atomic E-state index is 0.904. The minimum absolute atomic E-state index is 0.904. The zero-order valence-corrected chi connectivity index (χ0v) is 27.6. The summed E-state index contributed by atoms with van der Waals surface area (Å²) in [4.78, 5) is 17.6. The molecule has 3 aromatic heterocycles. The molecule has 0 saturated carbocycles. The molecule has 0 bridgehead atoms. The highest BCUT2D eigenvalue weighted by Crippen LogP contribution is 2.41. The monoisotopic (exact) mass is 650 g/mol. The summed E-state index contributed by atoms with van der Waals surface area (Å²) in [5.41, 5.74) is 9.92. The Labute approximate surface area is 294 Å². The summed E-state index contributed by atoms with van der Waals surface area (Å²) in [7, 11) is 0. The van der Waals surface area contributed by atoms with Gasteiger partial charge < -0.3 is 4.90 Å². The van der Waals surface area contributed by atoms with E-state index in [1.54, 1.807) is 0 Å². The van der Waals surface area contributed by atoms with Gasteiger partial charge in [-0.1, -0.05) is 121 Å². The van der Waals surface area contributed by atoms with Gasteiger partial charge in [0.25, 0.3) is 0 Å². The van der Waals surface area contributed by atoms with Gasteiger partial charge in [-0.15, -0.1) is 0 Å². The number of fused-ring (bicyclic) bond motifs is 8. The van der Waals surface area contributed by atoms with Crippen LogP contribution in [-0.4, -0.2) is 15.0 Å². The number of aromatic nitrogens is 3. The van der Waals surface area contributed by atoms with Crippen molar-refractivity contribution in [3.05, 3.63) is 182 Å². The van der Waals surface area contributed by atoms with Gasteiger partial charge in [0.15, 0.2) is 0 Å². The van der Waals surface area contributed by atoms with Gasteiger partial charge in [0.05, 0.1) is 27.9 Å². The molecule has 0 unspecified atom stereocenters. The average Bonchev–Trinajstić information content (AvgIpc) is 3.21. The van der Waals surface area contributed by atoms with Crippen LogP contribution in [-0.2, 0) is 0 Å². The molecule has 7 aromatic carbocycles. The first-order valence-electron chi connectivity index (χ1n) is 17.2. The highest BCUT2D eigenvalue weighted by atomic mass is 15.1. The molecule has 51 heavy (non-hydrogen) atoms. The van der Waals surface area contributed by atoms with Crippen LogP contribution in [0.25, 0.3) is 76.8 Å². The van der Waals surface area contributed by atoms with Crippen molar-refractivity contribution in [1.29, 1.82) is 0 Å². The first kappa shape index (κ1) is 29.0. The van der Waals surface area contributed by atoms with E-state index >= 15 is 0 Å². The Morgan fingerprint density at radius 2 is 1.06 bits per heavy atom. The maximum atomic E-state index is 5.48. The molecule has 0 fully saturated rings. The number of nitrogens with zero attached hydrogens (tertiary/aromatic N) is 4.